The Kier molecular flexibility index (Phi) is 6.19. The minimum absolute atomic E-state index is 0.0863. The van der Waals surface area contributed by atoms with E-state index in [1.54, 1.807) is 0 Å². The van der Waals surface area contributed by atoms with Crippen molar-refractivity contribution < 1.29 is 32.7 Å². The van der Waals surface area contributed by atoms with Gasteiger partial charge in [-0.3, -0.25) is 14.4 Å². The third-order valence-corrected chi connectivity index (χ3v) is 3.55. The monoisotopic (exact) mass is 324 g/mol. The fourth-order valence-corrected chi connectivity index (χ4v) is 2.57. The zero-order chi connectivity index (χ0) is 16.9. The number of nitrogens with zero attached hydrogens (tertiary/aromatic N) is 2. The van der Waals surface area contributed by atoms with E-state index in [1.807, 2.05) is 0 Å². The van der Waals surface area contributed by atoms with Crippen molar-refractivity contribution in [3.05, 3.63) is 0 Å². The van der Waals surface area contributed by atoms with Gasteiger partial charge in [-0.1, -0.05) is 0 Å². The highest BCUT2D eigenvalue weighted by Gasteiger charge is 2.34. The second kappa shape index (κ2) is 7.46. The van der Waals surface area contributed by atoms with Crippen LogP contribution in [0.4, 0.5) is 13.2 Å². The van der Waals surface area contributed by atoms with Crippen LogP contribution in [0.2, 0.25) is 0 Å². The molecular formula is C13H19F3N2O4. The normalized spacial score (nSPS) is 19.5. The smallest absolute Gasteiger partial charge is 0.397 e. The van der Waals surface area contributed by atoms with Crippen molar-refractivity contribution in [1.82, 2.24) is 9.80 Å². The molecule has 0 unspecified atom stereocenters. The number of alkyl halides is 3. The van der Waals surface area contributed by atoms with Gasteiger partial charge in [0.25, 0.3) is 0 Å². The Bertz CT molecular complexity index is 439. The van der Waals surface area contributed by atoms with Gasteiger partial charge < -0.3 is 14.9 Å². The van der Waals surface area contributed by atoms with Crippen molar-refractivity contribution in [3.63, 3.8) is 0 Å². The molecule has 22 heavy (non-hydrogen) atoms. The van der Waals surface area contributed by atoms with Crippen LogP contribution >= 0.6 is 0 Å². The summed E-state index contributed by atoms with van der Waals surface area (Å²) in [4.78, 5) is 36.2. The number of carboxylic acid groups (broad SMARTS) is 1. The van der Waals surface area contributed by atoms with E-state index in [4.69, 9.17) is 5.11 Å². The molecule has 1 aliphatic heterocycles. The van der Waals surface area contributed by atoms with Gasteiger partial charge in [-0.2, -0.15) is 13.2 Å². The predicted octanol–water partition coefficient (Wildman–Crippen LogP) is 1.25. The Morgan fingerprint density at radius 2 is 1.86 bits per heavy atom. The summed E-state index contributed by atoms with van der Waals surface area (Å²) in [6, 6.07) is -0.378. The summed E-state index contributed by atoms with van der Waals surface area (Å²) in [6.45, 7) is 1.07. The molecule has 0 aromatic heterocycles. The molecule has 0 bridgehead atoms. The van der Waals surface area contributed by atoms with Crippen molar-refractivity contribution in [3.8, 4) is 0 Å². The minimum atomic E-state index is -4.54. The maximum absolute atomic E-state index is 12.3. The molecule has 6 nitrogen and oxygen atoms in total. The SMILES string of the molecule is CC(=O)N(CC(=O)O)[C@H]1CCCN(C(=O)CC(F)(F)F)CC1. The van der Waals surface area contributed by atoms with Gasteiger partial charge in [0, 0.05) is 26.1 Å². The summed E-state index contributed by atoms with van der Waals surface area (Å²) in [6.07, 6.45) is -4.88. The van der Waals surface area contributed by atoms with Crippen LogP contribution in [0.3, 0.4) is 0 Å². The highest BCUT2D eigenvalue weighted by atomic mass is 19.4. The van der Waals surface area contributed by atoms with Crippen molar-refractivity contribution in [2.24, 2.45) is 0 Å². The molecule has 0 radical (unpaired) electrons. The molecule has 1 aliphatic rings. The second-order valence-electron chi connectivity index (χ2n) is 5.30. The number of amides is 2. The lowest BCUT2D eigenvalue weighted by Crippen LogP contribution is -2.43. The third-order valence-electron chi connectivity index (χ3n) is 3.55. The van der Waals surface area contributed by atoms with Crippen LogP contribution < -0.4 is 0 Å². The molecule has 2 amide bonds. The van der Waals surface area contributed by atoms with Crippen LogP contribution in [-0.4, -0.2) is 64.5 Å². The molecule has 1 atom stereocenters. The first-order valence-electron chi connectivity index (χ1n) is 6.93. The van der Waals surface area contributed by atoms with E-state index in [0.717, 1.165) is 4.90 Å². The number of carbonyl (C=O) groups is 3. The number of rotatable bonds is 4. The van der Waals surface area contributed by atoms with Crippen molar-refractivity contribution in [2.45, 2.75) is 44.8 Å². The number of carbonyl (C=O) groups excluding carboxylic acids is 2. The first-order valence-corrected chi connectivity index (χ1v) is 6.93. The molecule has 1 N–H and O–H groups in total. The standard InChI is InChI=1S/C13H19F3N2O4/c1-9(19)18(8-12(21)22)10-3-2-5-17(6-4-10)11(20)7-13(14,15)16/h10H,2-8H2,1H3,(H,21,22)/t10-/m0/s1. The Morgan fingerprint density at radius 3 is 2.36 bits per heavy atom. The first-order chi connectivity index (χ1) is 10.1. The lowest BCUT2D eigenvalue weighted by molar-refractivity contribution is -0.161. The van der Waals surface area contributed by atoms with E-state index in [2.05, 4.69) is 0 Å². The molecule has 0 aromatic carbocycles. The van der Waals surface area contributed by atoms with Gasteiger partial charge in [0.1, 0.15) is 13.0 Å². The summed E-state index contributed by atoms with van der Waals surface area (Å²) < 4.78 is 36.8. The van der Waals surface area contributed by atoms with Gasteiger partial charge in [-0.15, -0.1) is 0 Å². The maximum Gasteiger partial charge on any atom is 0.397 e. The zero-order valence-electron chi connectivity index (χ0n) is 12.2. The Hall–Kier alpha value is -1.80. The molecule has 9 heteroatoms. The van der Waals surface area contributed by atoms with E-state index in [9.17, 15) is 27.6 Å². The van der Waals surface area contributed by atoms with Gasteiger partial charge in [-0.25, -0.2) is 0 Å². The van der Waals surface area contributed by atoms with E-state index >= 15 is 0 Å². The average molecular weight is 324 g/mol. The Balaban J connectivity index is 2.66. The van der Waals surface area contributed by atoms with Crippen molar-refractivity contribution in [1.29, 1.82) is 0 Å². The van der Waals surface area contributed by atoms with Crippen LogP contribution in [0.1, 0.15) is 32.6 Å². The summed E-state index contributed by atoms with van der Waals surface area (Å²) in [5, 5.41) is 8.82. The number of aliphatic carboxylic acids is 1. The summed E-state index contributed by atoms with van der Waals surface area (Å²) >= 11 is 0. The van der Waals surface area contributed by atoms with Gasteiger partial charge in [0.2, 0.25) is 11.8 Å². The van der Waals surface area contributed by atoms with Crippen LogP contribution in [-0.2, 0) is 14.4 Å². The molecule has 1 saturated heterocycles. The lowest BCUT2D eigenvalue weighted by atomic mass is 10.1. The number of likely N-dealkylation sites (tertiary alicyclic amines) is 1. The predicted molar refractivity (Wildman–Crippen MR) is 69.9 cm³/mol. The zero-order valence-corrected chi connectivity index (χ0v) is 12.2. The van der Waals surface area contributed by atoms with Gasteiger partial charge >= 0.3 is 12.1 Å². The van der Waals surface area contributed by atoms with E-state index in [-0.39, 0.29) is 25.6 Å². The summed E-state index contributed by atoms with van der Waals surface area (Å²) in [7, 11) is 0. The summed E-state index contributed by atoms with van der Waals surface area (Å²) in [5.41, 5.74) is 0. The number of hydrogen-bond acceptors (Lipinski definition) is 3. The molecule has 0 spiro atoms. The van der Waals surface area contributed by atoms with Gasteiger partial charge in [0.05, 0.1) is 0 Å². The Morgan fingerprint density at radius 1 is 1.23 bits per heavy atom. The first kappa shape index (κ1) is 18.2. The average Bonchev–Trinajstić information content (AvgIpc) is 2.58. The Labute approximate surface area is 125 Å². The highest BCUT2D eigenvalue weighted by Crippen LogP contribution is 2.23. The quantitative estimate of drug-likeness (QED) is 0.844. The topological polar surface area (TPSA) is 77.9 Å². The van der Waals surface area contributed by atoms with Crippen molar-refractivity contribution in [2.75, 3.05) is 19.6 Å². The molecule has 1 fully saturated rings. The molecule has 0 aliphatic carbocycles. The fourth-order valence-electron chi connectivity index (χ4n) is 2.57. The molecule has 1 heterocycles. The van der Waals surface area contributed by atoms with E-state index < -0.39 is 36.9 Å². The molecule has 126 valence electrons. The van der Waals surface area contributed by atoms with E-state index in [0.29, 0.717) is 12.8 Å². The molecule has 0 saturated carbocycles. The second-order valence-corrected chi connectivity index (χ2v) is 5.30. The number of hydrogen-bond donors (Lipinski definition) is 1. The molecule has 0 aromatic rings. The fraction of sp³-hybridized carbons (Fsp3) is 0.769. The molecular weight excluding hydrogens is 305 g/mol. The largest absolute Gasteiger partial charge is 0.480 e. The third kappa shape index (κ3) is 5.90. The highest BCUT2D eigenvalue weighted by molar-refractivity contribution is 5.80. The van der Waals surface area contributed by atoms with Crippen LogP contribution in [0.15, 0.2) is 0 Å². The van der Waals surface area contributed by atoms with Crippen LogP contribution in [0, 0.1) is 0 Å². The van der Waals surface area contributed by atoms with Gasteiger partial charge in [-0.05, 0) is 19.3 Å². The van der Waals surface area contributed by atoms with Crippen LogP contribution in [0.25, 0.3) is 0 Å². The van der Waals surface area contributed by atoms with Crippen molar-refractivity contribution >= 4 is 17.8 Å². The minimum Gasteiger partial charge on any atom is -0.480 e. The lowest BCUT2D eigenvalue weighted by Gasteiger charge is -2.29. The van der Waals surface area contributed by atoms with Crippen LogP contribution in [0.5, 0.6) is 0 Å². The van der Waals surface area contributed by atoms with E-state index in [1.165, 1.54) is 11.8 Å². The van der Waals surface area contributed by atoms with Gasteiger partial charge in [0.15, 0.2) is 0 Å². The number of halogens is 3. The molecule has 1 rings (SSSR count). The maximum atomic E-state index is 12.3. The summed E-state index contributed by atoms with van der Waals surface area (Å²) in [5.74, 6) is -2.53. The number of carboxylic acids is 1.